The number of rotatable bonds is 4. The summed E-state index contributed by atoms with van der Waals surface area (Å²) >= 11 is 0. The van der Waals surface area contributed by atoms with E-state index in [1.807, 2.05) is 0 Å². The molecule has 0 aliphatic carbocycles. The summed E-state index contributed by atoms with van der Waals surface area (Å²) in [7, 11) is 0. The molecule has 22 heavy (non-hydrogen) atoms. The van der Waals surface area contributed by atoms with Gasteiger partial charge in [-0.05, 0) is 42.5 Å². The number of esters is 1. The largest absolute Gasteiger partial charge is 0.478 e. The highest BCUT2D eigenvalue weighted by Gasteiger charge is 2.09. The number of carbonyl (C=O) groups is 3. The standard InChI is InChI=1S/C16H13NO5/c1-10(18)22-14-7-5-11(6-8-14)15(19)17-13-4-2-3-12(9-13)16(20)21/h2-9H,1H3,(H,17,19)(H,20,21). The third kappa shape index (κ3) is 3.92. The lowest BCUT2D eigenvalue weighted by molar-refractivity contribution is -0.131. The molecule has 2 aromatic carbocycles. The van der Waals surface area contributed by atoms with Crippen molar-refractivity contribution in [2.75, 3.05) is 5.32 Å². The minimum absolute atomic E-state index is 0.0861. The van der Waals surface area contributed by atoms with Crippen LogP contribution in [0.4, 0.5) is 5.69 Å². The normalized spacial score (nSPS) is 9.86. The summed E-state index contributed by atoms with van der Waals surface area (Å²) in [4.78, 5) is 33.8. The molecule has 2 aromatic rings. The van der Waals surface area contributed by atoms with Gasteiger partial charge in [0.25, 0.3) is 5.91 Å². The fourth-order valence-corrected chi connectivity index (χ4v) is 1.77. The van der Waals surface area contributed by atoms with E-state index < -0.39 is 17.8 Å². The van der Waals surface area contributed by atoms with Gasteiger partial charge in [0.1, 0.15) is 5.75 Å². The lowest BCUT2D eigenvalue weighted by Gasteiger charge is -2.07. The second kappa shape index (κ2) is 6.53. The molecule has 2 N–H and O–H groups in total. The number of anilines is 1. The maximum absolute atomic E-state index is 12.1. The van der Waals surface area contributed by atoms with Crippen LogP contribution < -0.4 is 10.1 Å². The van der Waals surface area contributed by atoms with Crippen LogP contribution in [0.25, 0.3) is 0 Å². The van der Waals surface area contributed by atoms with Gasteiger partial charge >= 0.3 is 11.9 Å². The van der Waals surface area contributed by atoms with Crippen molar-refractivity contribution in [2.45, 2.75) is 6.92 Å². The van der Waals surface area contributed by atoms with E-state index in [1.165, 1.54) is 43.3 Å². The van der Waals surface area contributed by atoms with Gasteiger partial charge in [0.2, 0.25) is 0 Å². The second-order valence-corrected chi connectivity index (χ2v) is 4.46. The molecule has 0 atom stereocenters. The van der Waals surface area contributed by atoms with Gasteiger partial charge in [-0.15, -0.1) is 0 Å². The number of ether oxygens (including phenoxy) is 1. The van der Waals surface area contributed by atoms with Crippen molar-refractivity contribution >= 4 is 23.5 Å². The highest BCUT2D eigenvalue weighted by Crippen LogP contribution is 2.15. The monoisotopic (exact) mass is 299 g/mol. The van der Waals surface area contributed by atoms with Crippen LogP contribution in [0, 0.1) is 0 Å². The fourth-order valence-electron chi connectivity index (χ4n) is 1.77. The Morgan fingerprint density at radius 1 is 1.00 bits per heavy atom. The average Bonchev–Trinajstić information content (AvgIpc) is 2.47. The molecule has 1 amide bonds. The molecule has 0 saturated heterocycles. The van der Waals surface area contributed by atoms with Crippen LogP contribution >= 0.6 is 0 Å². The second-order valence-electron chi connectivity index (χ2n) is 4.46. The van der Waals surface area contributed by atoms with Gasteiger partial charge in [-0.2, -0.15) is 0 Å². The van der Waals surface area contributed by atoms with Crippen LogP contribution in [0.5, 0.6) is 5.75 Å². The molecule has 2 rings (SSSR count). The number of nitrogens with one attached hydrogen (secondary N) is 1. The van der Waals surface area contributed by atoms with E-state index in [-0.39, 0.29) is 5.56 Å². The number of aromatic carboxylic acids is 1. The van der Waals surface area contributed by atoms with Crippen molar-refractivity contribution in [3.8, 4) is 5.75 Å². The Morgan fingerprint density at radius 3 is 2.27 bits per heavy atom. The molecule has 0 radical (unpaired) electrons. The van der Waals surface area contributed by atoms with E-state index in [1.54, 1.807) is 12.1 Å². The van der Waals surface area contributed by atoms with Crippen LogP contribution in [-0.4, -0.2) is 23.0 Å². The minimum atomic E-state index is -1.07. The van der Waals surface area contributed by atoms with Gasteiger partial charge in [-0.25, -0.2) is 4.79 Å². The molecule has 0 saturated carbocycles. The van der Waals surface area contributed by atoms with Crippen molar-refractivity contribution < 1.29 is 24.2 Å². The van der Waals surface area contributed by atoms with Gasteiger partial charge in [0.05, 0.1) is 5.56 Å². The molecule has 0 spiro atoms. The van der Waals surface area contributed by atoms with Gasteiger partial charge in [0, 0.05) is 18.2 Å². The molecule has 112 valence electrons. The van der Waals surface area contributed by atoms with Gasteiger partial charge in [-0.3, -0.25) is 9.59 Å². The lowest BCUT2D eigenvalue weighted by atomic mass is 10.1. The third-order valence-electron chi connectivity index (χ3n) is 2.75. The Kier molecular flexibility index (Phi) is 4.53. The topological polar surface area (TPSA) is 92.7 Å². The third-order valence-corrected chi connectivity index (χ3v) is 2.75. The number of carbonyl (C=O) groups excluding carboxylic acids is 2. The molecule has 0 aliphatic heterocycles. The number of carboxylic acid groups (broad SMARTS) is 1. The first kappa shape index (κ1) is 15.2. The molecule has 0 heterocycles. The van der Waals surface area contributed by atoms with Crippen LogP contribution in [0.3, 0.4) is 0 Å². The Bertz CT molecular complexity index is 722. The summed E-state index contributed by atoms with van der Waals surface area (Å²) in [5.41, 5.74) is 0.827. The van der Waals surface area contributed by atoms with E-state index in [9.17, 15) is 14.4 Å². The zero-order chi connectivity index (χ0) is 16.1. The summed E-state index contributed by atoms with van der Waals surface area (Å²) in [5.74, 6) is -1.56. The van der Waals surface area contributed by atoms with Crippen LogP contribution in [0.15, 0.2) is 48.5 Å². The first-order chi connectivity index (χ1) is 10.5. The highest BCUT2D eigenvalue weighted by atomic mass is 16.5. The van der Waals surface area contributed by atoms with Crippen molar-refractivity contribution in [1.82, 2.24) is 0 Å². The quantitative estimate of drug-likeness (QED) is 0.668. The van der Waals surface area contributed by atoms with Crippen LogP contribution in [-0.2, 0) is 4.79 Å². The van der Waals surface area contributed by atoms with Crippen molar-refractivity contribution in [2.24, 2.45) is 0 Å². The van der Waals surface area contributed by atoms with Crippen molar-refractivity contribution in [1.29, 1.82) is 0 Å². The van der Waals surface area contributed by atoms with Gasteiger partial charge in [0.15, 0.2) is 0 Å². The molecule has 0 bridgehead atoms. The minimum Gasteiger partial charge on any atom is -0.478 e. The molecular formula is C16H13NO5. The summed E-state index contributed by atoms with van der Waals surface area (Å²) in [6.45, 7) is 1.29. The fraction of sp³-hybridized carbons (Fsp3) is 0.0625. The van der Waals surface area contributed by atoms with Gasteiger partial charge < -0.3 is 15.2 Å². The Hall–Kier alpha value is -3.15. The van der Waals surface area contributed by atoms with E-state index in [0.717, 1.165) is 0 Å². The molecule has 6 heteroatoms. The zero-order valence-corrected chi connectivity index (χ0v) is 11.7. The highest BCUT2D eigenvalue weighted by molar-refractivity contribution is 6.04. The Balaban J connectivity index is 2.10. The smallest absolute Gasteiger partial charge is 0.335 e. The van der Waals surface area contributed by atoms with Crippen LogP contribution in [0.1, 0.15) is 27.6 Å². The predicted molar refractivity (Wildman–Crippen MR) is 79.1 cm³/mol. The number of hydrogen-bond donors (Lipinski definition) is 2. The van der Waals surface area contributed by atoms with E-state index in [2.05, 4.69) is 5.32 Å². The first-order valence-corrected chi connectivity index (χ1v) is 6.39. The zero-order valence-electron chi connectivity index (χ0n) is 11.7. The first-order valence-electron chi connectivity index (χ1n) is 6.39. The van der Waals surface area contributed by atoms with E-state index in [0.29, 0.717) is 17.0 Å². The number of amides is 1. The molecule has 0 aromatic heterocycles. The SMILES string of the molecule is CC(=O)Oc1ccc(C(=O)Nc2cccc(C(=O)O)c2)cc1. The Labute approximate surface area is 126 Å². The molecule has 0 fully saturated rings. The number of benzene rings is 2. The van der Waals surface area contributed by atoms with Crippen molar-refractivity contribution in [3.05, 3.63) is 59.7 Å². The Morgan fingerprint density at radius 2 is 1.68 bits per heavy atom. The summed E-state index contributed by atoms with van der Waals surface area (Å²) in [5, 5.41) is 11.5. The van der Waals surface area contributed by atoms with Crippen molar-refractivity contribution in [3.63, 3.8) is 0 Å². The predicted octanol–water partition coefficient (Wildman–Crippen LogP) is 2.56. The maximum atomic E-state index is 12.1. The van der Waals surface area contributed by atoms with E-state index in [4.69, 9.17) is 9.84 Å². The molecule has 6 nitrogen and oxygen atoms in total. The maximum Gasteiger partial charge on any atom is 0.335 e. The summed E-state index contributed by atoms with van der Waals surface area (Å²) in [6, 6.07) is 12.0. The molecular weight excluding hydrogens is 286 g/mol. The average molecular weight is 299 g/mol. The summed E-state index contributed by atoms with van der Waals surface area (Å²) in [6.07, 6.45) is 0. The van der Waals surface area contributed by atoms with Gasteiger partial charge in [-0.1, -0.05) is 6.07 Å². The van der Waals surface area contributed by atoms with E-state index >= 15 is 0 Å². The lowest BCUT2D eigenvalue weighted by Crippen LogP contribution is -2.12. The number of hydrogen-bond acceptors (Lipinski definition) is 4. The molecule has 0 unspecified atom stereocenters. The number of carboxylic acids is 1. The molecule has 0 aliphatic rings. The summed E-state index contributed by atoms with van der Waals surface area (Å²) < 4.78 is 4.87. The van der Waals surface area contributed by atoms with Crippen LogP contribution in [0.2, 0.25) is 0 Å².